The number of urea groups is 1. The number of anilines is 3. The summed E-state index contributed by atoms with van der Waals surface area (Å²) in [6.07, 6.45) is 5.70. The second-order valence-electron chi connectivity index (χ2n) is 8.74. The lowest BCUT2D eigenvalue weighted by molar-refractivity contribution is 0.252. The fourth-order valence-corrected chi connectivity index (χ4v) is 4.66. The van der Waals surface area contributed by atoms with E-state index in [-0.39, 0.29) is 11.9 Å². The summed E-state index contributed by atoms with van der Waals surface area (Å²) in [6.45, 7) is 3.16. The fraction of sp³-hybridized carbons (Fsp3) is 0.192. The summed E-state index contributed by atoms with van der Waals surface area (Å²) in [5, 5.41) is 13.8. The van der Waals surface area contributed by atoms with Gasteiger partial charge in [0, 0.05) is 35.9 Å². The number of carbonyl (C=O) groups is 1. The topological polar surface area (TPSA) is 125 Å². The van der Waals surface area contributed by atoms with Crippen molar-refractivity contribution in [2.75, 3.05) is 23.3 Å². The first-order valence-corrected chi connectivity index (χ1v) is 11.7. The number of aromatic nitrogens is 5. The lowest BCUT2D eigenvalue weighted by Crippen LogP contribution is -2.30. The van der Waals surface area contributed by atoms with E-state index in [9.17, 15) is 4.79 Å². The van der Waals surface area contributed by atoms with Crippen LogP contribution in [-0.4, -0.2) is 44.3 Å². The molecule has 0 fully saturated rings. The molecule has 3 N–H and O–H groups in total. The Hall–Kier alpha value is -4.73. The fourth-order valence-electron chi connectivity index (χ4n) is 4.66. The van der Waals surface area contributed by atoms with E-state index in [0.29, 0.717) is 23.8 Å². The molecule has 180 valence electrons. The van der Waals surface area contributed by atoms with Crippen molar-refractivity contribution in [3.8, 4) is 11.5 Å². The third-order valence-electron chi connectivity index (χ3n) is 6.32. The van der Waals surface area contributed by atoms with Crippen LogP contribution in [0.15, 0.2) is 71.7 Å². The molecule has 10 heteroatoms. The zero-order valence-corrected chi connectivity index (χ0v) is 19.6. The first-order chi connectivity index (χ1) is 17.7. The molecule has 6 rings (SSSR count). The molecule has 0 saturated heterocycles. The van der Waals surface area contributed by atoms with Crippen molar-refractivity contribution in [1.82, 2.24) is 30.5 Å². The predicted molar refractivity (Wildman–Crippen MR) is 136 cm³/mol. The van der Waals surface area contributed by atoms with Crippen molar-refractivity contribution in [3.05, 3.63) is 78.6 Å². The van der Waals surface area contributed by atoms with Gasteiger partial charge in [0.1, 0.15) is 18.4 Å². The number of benzene rings is 2. The lowest BCUT2D eigenvalue weighted by atomic mass is 9.98. The van der Waals surface area contributed by atoms with E-state index in [1.54, 1.807) is 18.8 Å². The first-order valence-electron chi connectivity index (χ1n) is 11.7. The Morgan fingerprint density at radius 2 is 2.11 bits per heavy atom. The highest BCUT2D eigenvalue weighted by Gasteiger charge is 2.31. The van der Waals surface area contributed by atoms with Gasteiger partial charge in [-0.3, -0.25) is 5.10 Å². The Morgan fingerprint density at radius 3 is 3.00 bits per heavy atom. The summed E-state index contributed by atoms with van der Waals surface area (Å²) in [5.74, 6) is 1.60. The minimum absolute atomic E-state index is 0.245. The van der Waals surface area contributed by atoms with Crippen molar-refractivity contribution in [2.45, 2.75) is 19.3 Å². The van der Waals surface area contributed by atoms with Crippen molar-refractivity contribution in [3.63, 3.8) is 0 Å². The number of oxazole rings is 1. The predicted octanol–water partition coefficient (Wildman–Crippen LogP) is 4.76. The Morgan fingerprint density at radius 1 is 1.19 bits per heavy atom. The molecule has 2 amide bonds. The number of rotatable bonds is 6. The Bertz CT molecular complexity index is 1540. The van der Waals surface area contributed by atoms with Gasteiger partial charge < -0.3 is 20.0 Å². The van der Waals surface area contributed by atoms with Gasteiger partial charge in [-0.05, 0) is 43.2 Å². The summed E-state index contributed by atoms with van der Waals surface area (Å²) in [4.78, 5) is 27.9. The van der Waals surface area contributed by atoms with Gasteiger partial charge in [-0.2, -0.15) is 5.10 Å². The minimum Gasteiger partial charge on any atom is -0.444 e. The molecule has 1 aliphatic heterocycles. The number of hydrogen-bond donors (Lipinski definition) is 3. The quantitative estimate of drug-likeness (QED) is 0.320. The molecule has 2 aromatic carbocycles. The van der Waals surface area contributed by atoms with E-state index in [1.807, 2.05) is 43.3 Å². The number of H-pyrrole nitrogens is 1. The second kappa shape index (κ2) is 9.14. The van der Waals surface area contributed by atoms with Crippen LogP contribution in [0.5, 0.6) is 0 Å². The highest BCUT2D eigenvalue weighted by atomic mass is 16.3. The number of para-hydroxylation sites is 1. The van der Waals surface area contributed by atoms with E-state index < -0.39 is 0 Å². The summed E-state index contributed by atoms with van der Waals surface area (Å²) in [6, 6.07) is 15.5. The lowest BCUT2D eigenvalue weighted by Gasteiger charge is -2.19. The number of aromatic amines is 1. The molecule has 5 aromatic rings. The summed E-state index contributed by atoms with van der Waals surface area (Å²) < 4.78 is 5.46. The average molecular weight is 481 g/mol. The van der Waals surface area contributed by atoms with Gasteiger partial charge in [0.05, 0.1) is 17.3 Å². The second-order valence-corrected chi connectivity index (χ2v) is 8.74. The van der Waals surface area contributed by atoms with Gasteiger partial charge in [-0.25, -0.2) is 19.7 Å². The molecule has 0 radical (unpaired) electrons. The Kier molecular flexibility index (Phi) is 5.53. The van der Waals surface area contributed by atoms with Crippen molar-refractivity contribution < 1.29 is 9.21 Å². The van der Waals surface area contributed by atoms with Gasteiger partial charge in [0.15, 0.2) is 5.65 Å². The Labute approximate surface area is 206 Å². The van der Waals surface area contributed by atoms with Gasteiger partial charge in [-0.1, -0.05) is 24.3 Å². The molecule has 1 unspecified atom stereocenters. The molecule has 3 aromatic heterocycles. The third kappa shape index (κ3) is 4.13. The van der Waals surface area contributed by atoms with Gasteiger partial charge >= 0.3 is 6.03 Å². The van der Waals surface area contributed by atoms with E-state index in [0.717, 1.165) is 41.1 Å². The number of aryl methyl sites for hydroxylation is 1. The van der Waals surface area contributed by atoms with Gasteiger partial charge in [-0.15, -0.1) is 0 Å². The zero-order chi connectivity index (χ0) is 24.5. The maximum atomic E-state index is 12.6. The van der Waals surface area contributed by atoms with Crippen LogP contribution in [0.4, 0.5) is 22.0 Å². The molecule has 1 aliphatic rings. The molecular formula is C26H24N8O2. The molecule has 36 heavy (non-hydrogen) atoms. The van der Waals surface area contributed by atoms with Crippen LogP contribution in [0.3, 0.4) is 0 Å². The molecule has 0 saturated carbocycles. The maximum Gasteiger partial charge on any atom is 0.319 e. The van der Waals surface area contributed by atoms with Crippen molar-refractivity contribution >= 4 is 34.3 Å². The smallest absolute Gasteiger partial charge is 0.319 e. The highest BCUT2D eigenvalue weighted by molar-refractivity contribution is 5.91. The van der Waals surface area contributed by atoms with Gasteiger partial charge in [0.2, 0.25) is 5.89 Å². The summed E-state index contributed by atoms with van der Waals surface area (Å²) in [7, 11) is 0. The average Bonchev–Trinajstić information content (AvgIpc) is 3.63. The third-order valence-corrected chi connectivity index (χ3v) is 6.32. The van der Waals surface area contributed by atoms with Crippen LogP contribution < -0.4 is 15.5 Å². The number of hydrogen-bond acceptors (Lipinski definition) is 7. The van der Waals surface area contributed by atoms with Gasteiger partial charge in [0.25, 0.3) is 0 Å². The van der Waals surface area contributed by atoms with Crippen LogP contribution >= 0.6 is 0 Å². The van der Waals surface area contributed by atoms with Crippen LogP contribution in [-0.2, 0) is 0 Å². The van der Waals surface area contributed by atoms with Crippen LogP contribution in [0.1, 0.15) is 23.6 Å². The highest BCUT2D eigenvalue weighted by Crippen LogP contribution is 2.42. The van der Waals surface area contributed by atoms with Crippen molar-refractivity contribution in [2.24, 2.45) is 0 Å². The number of nitrogens with zero attached hydrogens (tertiary/aromatic N) is 5. The minimum atomic E-state index is -0.255. The number of amides is 2. The molecule has 0 bridgehead atoms. The largest absolute Gasteiger partial charge is 0.444 e. The van der Waals surface area contributed by atoms with Crippen LogP contribution in [0.25, 0.3) is 22.5 Å². The molecule has 0 aliphatic carbocycles. The zero-order valence-electron chi connectivity index (χ0n) is 19.6. The summed E-state index contributed by atoms with van der Waals surface area (Å²) in [5.41, 5.74) is 5.35. The van der Waals surface area contributed by atoms with E-state index in [2.05, 4.69) is 52.8 Å². The molecule has 4 heterocycles. The SMILES string of the molecule is Cc1coc(-c2cccc(NC(=O)NCCC3CN(c4ncnc5[nH]ncc45)c4ccccc43)c2)n1. The monoisotopic (exact) mass is 480 g/mol. The van der Waals surface area contributed by atoms with Crippen molar-refractivity contribution in [1.29, 1.82) is 0 Å². The molecular weight excluding hydrogens is 456 g/mol. The maximum absolute atomic E-state index is 12.6. The first kappa shape index (κ1) is 21.8. The van der Waals surface area contributed by atoms with E-state index in [4.69, 9.17) is 4.42 Å². The number of fused-ring (bicyclic) bond motifs is 2. The van der Waals surface area contributed by atoms with Crippen LogP contribution in [0, 0.1) is 6.92 Å². The van der Waals surface area contributed by atoms with E-state index in [1.165, 1.54) is 5.56 Å². The molecule has 10 nitrogen and oxygen atoms in total. The molecule has 1 atom stereocenters. The normalized spacial score (nSPS) is 14.7. The molecule has 0 spiro atoms. The summed E-state index contributed by atoms with van der Waals surface area (Å²) >= 11 is 0. The number of nitrogens with one attached hydrogen (secondary N) is 3. The number of carbonyl (C=O) groups excluding carboxylic acids is 1. The Balaban J connectivity index is 1.11. The van der Waals surface area contributed by atoms with E-state index >= 15 is 0 Å². The van der Waals surface area contributed by atoms with Crippen LogP contribution in [0.2, 0.25) is 0 Å². The standard InChI is InChI=1S/C26H24N8O2/c1-16-14-36-25(31-16)17-5-4-6-19(11-17)32-26(35)27-10-9-18-13-34(22-8-3-2-7-20(18)22)24-21-12-30-33-23(21)28-15-29-24/h2-8,11-12,14-15,18H,9-10,13H2,1H3,(H2,27,32,35)(H,28,29,30,33).